The van der Waals surface area contributed by atoms with Crippen LogP contribution in [0, 0.1) is 17.1 Å². The summed E-state index contributed by atoms with van der Waals surface area (Å²) >= 11 is 0. The summed E-state index contributed by atoms with van der Waals surface area (Å²) in [7, 11) is 0. The number of rotatable bonds is 2. The number of aliphatic imine (C=N–C) groups is 1. The molecule has 0 unspecified atom stereocenters. The third kappa shape index (κ3) is 3.16. The lowest BCUT2D eigenvalue weighted by molar-refractivity contribution is 0.100. The molecule has 3 rings (SSSR count). The van der Waals surface area contributed by atoms with Crippen molar-refractivity contribution in [2.75, 3.05) is 0 Å². The zero-order valence-corrected chi connectivity index (χ0v) is 13.0. The molecule has 0 heterocycles. The average Bonchev–Trinajstić information content (AvgIpc) is 2.60. The number of nitrogens with two attached hydrogens (primary N) is 2. The van der Waals surface area contributed by atoms with Crippen molar-refractivity contribution in [3.63, 3.8) is 0 Å². The lowest BCUT2D eigenvalue weighted by atomic mass is 9.92. The molecule has 0 aliphatic rings. The van der Waals surface area contributed by atoms with Crippen LogP contribution in [0.15, 0.2) is 59.6 Å². The molecule has 0 saturated carbocycles. The van der Waals surface area contributed by atoms with Gasteiger partial charge in [0.2, 0.25) is 0 Å². The van der Waals surface area contributed by atoms with Crippen molar-refractivity contribution in [1.82, 2.24) is 0 Å². The van der Waals surface area contributed by atoms with Crippen molar-refractivity contribution in [3.8, 4) is 17.2 Å². The summed E-state index contributed by atoms with van der Waals surface area (Å²) in [5.41, 5.74) is 12.5. The number of guanidine groups is 1. The number of amides is 1. The van der Waals surface area contributed by atoms with E-state index in [1.165, 1.54) is 12.1 Å². The smallest absolute Gasteiger partial charge is 0.280 e. The van der Waals surface area contributed by atoms with Crippen LogP contribution in [0.4, 0.5) is 4.39 Å². The van der Waals surface area contributed by atoms with Gasteiger partial charge in [-0.05, 0) is 46.7 Å². The standard InChI is InChI=1S/C19H13FN4O/c20-15-7-5-12(6-8-15)17-14(10-21)4-2-11-1-3-13(9-16(11)17)18(25)24-19(22)23/h1-9H,(H4,22,23,24,25). The van der Waals surface area contributed by atoms with Gasteiger partial charge in [0.05, 0.1) is 11.6 Å². The van der Waals surface area contributed by atoms with Gasteiger partial charge in [-0.1, -0.05) is 24.3 Å². The summed E-state index contributed by atoms with van der Waals surface area (Å²) in [6, 6.07) is 16.4. The fourth-order valence-electron chi connectivity index (χ4n) is 2.66. The van der Waals surface area contributed by atoms with Gasteiger partial charge in [0.25, 0.3) is 5.91 Å². The minimum atomic E-state index is -0.575. The van der Waals surface area contributed by atoms with Crippen molar-refractivity contribution in [3.05, 3.63) is 71.5 Å². The summed E-state index contributed by atoms with van der Waals surface area (Å²) in [5, 5.41) is 11.0. The minimum absolute atomic E-state index is 0.291. The van der Waals surface area contributed by atoms with Crippen LogP contribution in [-0.4, -0.2) is 11.9 Å². The van der Waals surface area contributed by atoms with E-state index in [0.29, 0.717) is 27.6 Å². The molecule has 1 amide bonds. The molecule has 3 aromatic rings. The second kappa shape index (κ2) is 6.42. The predicted octanol–water partition coefficient (Wildman–Crippen LogP) is 2.93. The summed E-state index contributed by atoms with van der Waals surface area (Å²) < 4.78 is 13.2. The first kappa shape index (κ1) is 16.1. The molecule has 3 aromatic carbocycles. The SMILES string of the molecule is N#Cc1ccc2ccc(C(=O)N=C(N)N)cc2c1-c1ccc(F)cc1. The molecule has 25 heavy (non-hydrogen) atoms. The van der Waals surface area contributed by atoms with Gasteiger partial charge in [-0.2, -0.15) is 10.3 Å². The second-order valence-electron chi connectivity index (χ2n) is 5.38. The molecule has 0 atom stereocenters. The number of nitriles is 1. The van der Waals surface area contributed by atoms with Gasteiger partial charge in [-0.3, -0.25) is 4.79 Å². The summed E-state index contributed by atoms with van der Waals surface area (Å²) in [5.74, 6) is -1.27. The van der Waals surface area contributed by atoms with Crippen molar-refractivity contribution in [2.45, 2.75) is 0 Å². The van der Waals surface area contributed by atoms with Crippen LogP contribution in [0.25, 0.3) is 21.9 Å². The van der Waals surface area contributed by atoms with E-state index >= 15 is 0 Å². The van der Waals surface area contributed by atoms with Gasteiger partial charge in [0.15, 0.2) is 5.96 Å². The Morgan fingerprint density at radius 1 is 1.04 bits per heavy atom. The van der Waals surface area contributed by atoms with E-state index < -0.39 is 5.91 Å². The van der Waals surface area contributed by atoms with Gasteiger partial charge >= 0.3 is 0 Å². The highest BCUT2D eigenvalue weighted by molar-refractivity contribution is 6.07. The van der Waals surface area contributed by atoms with E-state index in [0.717, 1.165) is 5.39 Å². The van der Waals surface area contributed by atoms with Crippen LogP contribution in [-0.2, 0) is 0 Å². The van der Waals surface area contributed by atoms with Gasteiger partial charge in [-0.15, -0.1) is 0 Å². The molecule has 0 bridgehead atoms. The van der Waals surface area contributed by atoms with Crippen molar-refractivity contribution >= 4 is 22.6 Å². The maximum atomic E-state index is 13.2. The lowest BCUT2D eigenvalue weighted by Gasteiger charge is -2.10. The molecular weight excluding hydrogens is 319 g/mol. The third-order valence-electron chi connectivity index (χ3n) is 3.75. The number of carbonyl (C=O) groups is 1. The summed E-state index contributed by atoms with van der Waals surface area (Å²) in [6.07, 6.45) is 0. The van der Waals surface area contributed by atoms with Crippen LogP contribution in [0.1, 0.15) is 15.9 Å². The van der Waals surface area contributed by atoms with Crippen LogP contribution in [0.2, 0.25) is 0 Å². The Kier molecular flexibility index (Phi) is 4.14. The summed E-state index contributed by atoms with van der Waals surface area (Å²) in [4.78, 5) is 15.6. The van der Waals surface area contributed by atoms with Gasteiger partial charge < -0.3 is 11.5 Å². The Hall–Kier alpha value is -3.72. The Balaban J connectivity index is 2.29. The zero-order chi connectivity index (χ0) is 18.0. The molecule has 0 aliphatic carbocycles. The molecule has 5 nitrogen and oxygen atoms in total. The Morgan fingerprint density at radius 2 is 1.72 bits per heavy atom. The normalized spacial score (nSPS) is 10.2. The number of carbonyl (C=O) groups excluding carboxylic acids is 1. The van der Waals surface area contributed by atoms with E-state index in [4.69, 9.17) is 11.5 Å². The molecule has 0 aliphatic heterocycles. The summed E-state index contributed by atoms with van der Waals surface area (Å²) in [6.45, 7) is 0. The van der Waals surface area contributed by atoms with E-state index in [9.17, 15) is 14.4 Å². The van der Waals surface area contributed by atoms with E-state index in [1.54, 1.807) is 42.5 Å². The Labute approximate surface area is 143 Å². The van der Waals surface area contributed by atoms with Gasteiger partial charge in [0, 0.05) is 11.1 Å². The Morgan fingerprint density at radius 3 is 2.36 bits per heavy atom. The highest BCUT2D eigenvalue weighted by Gasteiger charge is 2.13. The van der Waals surface area contributed by atoms with Crippen molar-refractivity contribution < 1.29 is 9.18 Å². The fraction of sp³-hybridized carbons (Fsp3) is 0. The number of benzene rings is 3. The lowest BCUT2D eigenvalue weighted by Crippen LogP contribution is -2.24. The van der Waals surface area contributed by atoms with Crippen LogP contribution < -0.4 is 11.5 Å². The van der Waals surface area contributed by atoms with Crippen LogP contribution in [0.3, 0.4) is 0 Å². The molecule has 0 radical (unpaired) electrons. The predicted molar refractivity (Wildman–Crippen MR) is 94.2 cm³/mol. The van der Waals surface area contributed by atoms with Crippen LogP contribution in [0.5, 0.6) is 0 Å². The molecule has 0 spiro atoms. The van der Waals surface area contributed by atoms with Gasteiger partial charge in [0.1, 0.15) is 5.82 Å². The third-order valence-corrected chi connectivity index (χ3v) is 3.75. The molecule has 122 valence electrons. The number of halogens is 1. The zero-order valence-electron chi connectivity index (χ0n) is 13.0. The minimum Gasteiger partial charge on any atom is -0.370 e. The number of fused-ring (bicyclic) bond motifs is 1. The molecular formula is C19H13FN4O. The van der Waals surface area contributed by atoms with Crippen LogP contribution >= 0.6 is 0 Å². The monoisotopic (exact) mass is 332 g/mol. The highest BCUT2D eigenvalue weighted by atomic mass is 19.1. The molecule has 6 heteroatoms. The van der Waals surface area contributed by atoms with Crippen molar-refractivity contribution in [2.24, 2.45) is 16.5 Å². The largest absolute Gasteiger partial charge is 0.370 e. The first-order chi connectivity index (χ1) is 12.0. The maximum absolute atomic E-state index is 13.2. The first-order valence-corrected chi connectivity index (χ1v) is 7.36. The van der Waals surface area contributed by atoms with E-state index in [1.807, 2.05) is 0 Å². The maximum Gasteiger partial charge on any atom is 0.280 e. The number of hydrogen-bond donors (Lipinski definition) is 2. The highest BCUT2D eigenvalue weighted by Crippen LogP contribution is 2.33. The van der Waals surface area contributed by atoms with E-state index in [2.05, 4.69) is 11.1 Å². The molecule has 0 aromatic heterocycles. The second-order valence-corrected chi connectivity index (χ2v) is 5.38. The first-order valence-electron chi connectivity index (χ1n) is 7.36. The average molecular weight is 332 g/mol. The topological polar surface area (TPSA) is 105 Å². The fourth-order valence-corrected chi connectivity index (χ4v) is 2.66. The number of hydrogen-bond acceptors (Lipinski definition) is 2. The quantitative estimate of drug-likeness (QED) is 0.556. The molecule has 0 fully saturated rings. The van der Waals surface area contributed by atoms with E-state index in [-0.39, 0.29) is 11.8 Å². The number of nitrogens with zero attached hydrogens (tertiary/aromatic N) is 2. The molecule has 4 N–H and O–H groups in total. The molecule has 0 saturated heterocycles. The van der Waals surface area contributed by atoms with Crippen molar-refractivity contribution in [1.29, 1.82) is 5.26 Å². The van der Waals surface area contributed by atoms with Gasteiger partial charge in [-0.25, -0.2) is 4.39 Å². The Bertz CT molecular complexity index is 1050.